The number of amides is 1. The second-order valence-corrected chi connectivity index (χ2v) is 5.34. The molecule has 1 N–H and O–H groups in total. The van der Waals surface area contributed by atoms with Crippen molar-refractivity contribution in [1.82, 2.24) is 9.55 Å². The Morgan fingerprint density at radius 1 is 1.12 bits per heavy atom. The SMILES string of the molecule is Cc1nc2ccccc2c(=O)n1CC(=O)Nc1ccc(F)c(F)c1F. The quantitative estimate of drug-likeness (QED) is 0.741. The molecule has 128 valence electrons. The van der Waals surface area contributed by atoms with Gasteiger partial charge >= 0.3 is 0 Å². The molecule has 1 heterocycles. The van der Waals surface area contributed by atoms with E-state index in [9.17, 15) is 22.8 Å². The highest BCUT2D eigenvalue weighted by molar-refractivity contribution is 5.91. The highest BCUT2D eigenvalue weighted by atomic mass is 19.2. The molecule has 25 heavy (non-hydrogen) atoms. The van der Waals surface area contributed by atoms with Crippen LogP contribution in [0.3, 0.4) is 0 Å². The van der Waals surface area contributed by atoms with Crippen molar-refractivity contribution < 1.29 is 18.0 Å². The number of nitrogens with zero attached hydrogens (tertiary/aromatic N) is 2. The van der Waals surface area contributed by atoms with Crippen molar-refractivity contribution in [2.24, 2.45) is 0 Å². The van der Waals surface area contributed by atoms with Gasteiger partial charge in [-0.3, -0.25) is 14.2 Å². The number of aromatic nitrogens is 2. The maximum Gasteiger partial charge on any atom is 0.261 e. The number of rotatable bonds is 3. The lowest BCUT2D eigenvalue weighted by atomic mass is 10.2. The first kappa shape index (κ1) is 16.7. The number of aryl methyl sites for hydroxylation is 1. The molecular formula is C17H12F3N3O2. The van der Waals surface area contributed by atoms with Crippen LogP contribution in [-0.2, 0) is 11.3 Å². The summed E-state index contributed by atoms with van der Waals surface area (Å²) in [4.78, 5) is 28.8. The van der Waals surface area contributed by atoms with Crippen LogP contribution >= 0.6 is 0 Å². The average Bonchev–Trinajstić information content (AvgIpc) is 2.59. The lowest BCUT2D eigenvalue weighted by molar-refractivity contribution is -0.116. The summed E-state index contributed by atoms with van der Waals surface area (Å²) in [5, 5.41) is 2.45. The minimum absolute atomic E-state index is 0.296. The lowest BCUT2D eigenvalue weighted by Crippen LogP contribution is -2.30. The molecule has 1 amide bonds. The molecule has 0 aliphatic rings. The third-order valence-electron chi connectivity index (χ3n) is 3.66. The Balaban J connectivity index is 1.90. The van der Waals surface area contributed by atoms with E-state index in [1.165, 1.54) is 0 Å². The van der Waals surface area contributed by atoms with Crippen molar-refractivity contribution in [2.75, 3.05) is 5.32 Å². The molecule has 0 saturated heterocycles. The smallest absolute Gasteiger partial charge is 0.261 e. The van der Waals surface area contributed by atoms with Crippen LogP contribution in [-0.4, -0.2) is 15.5 Å². The molecule has 0 saturated carbocycles. The summed E-state index contributed by atoms with van der Waals surface area (Å²) < 4.78 is 40.9. The second-order valence-electron chi connectivity index (χ2n) is 5.34. The molecular weight excluding hydrogens is 335 g/mol. The van der Waals surface area contributed by atoms with E-state index in [1.54, 1.807) is 31.2 Å². The van der Waals surface area contributed by atoms with Gasteiger partial charge in [0.2, 0.25) is 5.91 Å². The van der Waals surface area contributed by atoms with Crippen LogP contribution in [0.15, 0.2) is 41.2 Å². The fraction of sp³-hybridized carbons (Fsp3) is 0.118. The highest BCUT2D eigenvalue weighted by Crippen LogP contribution is 2.19. The predicted molar refractivity (Wildman–Crippen MR) is 85.7 cm³/mol. The first-order valence-corrected chi connectivity index (χ1v) is 7.28. The topological polar surface area (TPSA) is 64.0 Å². The molecule has 2 aromatic carbocycles. The van der Waals surface area contributed by atoms with Crippen molar-refractivity contribution in [3.63, 3.8) is 0 Å². The summed E-state index contributed by atoms with van der Waals surface area (Å²) in [5.74, 6) is -5.02. The molecule has 0 bridgehead atoms. The van der Waals surface area contributed by atoms with Crippen LogP contribution in [0.5, 0.6) is 0 Å². The number of para-hydroxylation sites is 1. The van der Waals surface area contributed by atoms with Gasteiger partial charge in [0, 0.05) is 0 Å². The molecule has 0 atom stereocenters. The molecule has 1 aromatic heterocycles. The first-order chi connectivity index (χ1) is 11.9. The van der Waals surface area contributed by atoms with Crippen LogP contribution in [0.1, 0.15) is 5.82 Å². The average molecular weight is 347 g/mol. The van der Waals surface area contributed by atoms with E-state index in [4.69, 9.17) is 0 Å². The maximum absolute atomic E-state index is 13.6. The van der Waals surface area contributed by atoms with Crippen molar-refractivity contribution in [3.05, 3.63) is 70.0 Å². The Labute approximate surface area is 139 Å². The third kappa shape index (κ3) is 3.10. The van der Waals surface area contributed by atoms with E-state index in [0.717, 1.165) is 10.6 Å². The lowest BCUT2D eigenvalue weighted by Gasteiger charge is -2.11. The number of nitrogens with one attached hydrogen (secondary N) is 1. The number of hydrogen-bond acceptors (Lipinski definition) is 3. The van der Waals surface area contributed by atoms with Gasteiger partial charge in [-0.05, 0) is 31.2 Å². The van der Waals surface area contributed by atoms with Crippen molar-refractivity contribution in [3.8, 4) is 0 Å². The van der Waals surface area contributed by atoms with Crippen molar-refractivity contribution >= 4 is 22.5 Å². The third-order valence-corrected chi connectivity index (χ3v) is 3.66. The van der Waals surface area contributed by atoms with Crippen LogP contribution in [0, 0.1) is 24.4 Å². The number of halogens is 3. The van der Waals surface area contributed by atoms with Crippen LogP contribution in [0.25, 0.3) is 10.9 Å². The fourth-order valence-corrected chi connectivity index (χ4v) is 2.42. The van der Waals surface area contributed by atoms with Gasteiger partial charge in [0.15, 0.2) is 17.5 Å². The second kappa shape index (κ2) is 6.39. The Kier molecular flexibility index (Phi) is 4.26. The van der Waals surface area contributed by atoms with Gasteiger partial charge in [-0.15, -0.1) is 0 Å². The molecule has 8 heteroatoms. The summed E-state index contributed by atoms with van der Waals surface area (Å²) in [6.45, 7) is 1.11. The van der Waals surface area contributed by atoms with Gasteiger partial charge in [-0.2, -0.15) is 0 Å². The Hall–Kier alpha value is -3.16. The number of anilines is 1. The monoisotopic (exact) mass is 347 g/mol. The van der Waals surface area contributed by atoms with Crippen LogP contribution in [0.2, 0.25) is 0 Å². The largest absolute Gasteiger partial charge is 0.322 e. The predicted octanol–water partition coefficient (Wildman–Crippen LogP) is 2.76. The van der Waals surface area contributed by atoms with Crippen molar-refractivity contribution in [1.29, 1.82) is 0 Å². The van der Waals surface area contributed by atoms with Gasteiger partial charge in [0.1, 0.15) is 12.4 Å². The molecule has 3 aromatic rings. The minimum atomic E-state index is -1.68. The number of fused-ring (bicyclic) bond motifs is 1. The molecule has 0 radical (unpaired) electrons. The van der Waals surface area contributed by atoms with Crippen LogP contribution in [0.4, 0.5) is 18.9 Å². The Morgan fingerprint density at radius 2 is 1.84 bits per heavy atom. The summed E-state index contributed by atoms with van der Waals surface area (Å²) >= 11 is 0. The van der Waals surface area contributed by atoms with E-state index in [2.05, 4.69) is 10.3 Å². The standard InChI is InChI=1S/C17H12F3N3O2/c1-9-21-12-5-3-2-4-10(12)17(25)23(9)8-14(24)22-13-7-6-11(18)15(19)16(13)20/h2-7H,8H2,1H3,(H,22,24). The molecule has 0 aliphatic carbocycles. The van der Waals surface area contributed by atoms with Gasteiger partial charge in [-0.1, -0.05) is 12.1 Å². The summed E-state index contributed by atoms with van der Waals surface area (Å²) in [5.41, 5.74) is -0.444. The molecule has 0 fully saturated rings. The highest BCUT2D eigenvalue weighted by Gasteiger charge is 2.16. The molecule has 5 nitrogen and oxygen atoms in total. The zero-order valence-electron chi connectivity index (χ0n) is 13.0. The van der Waals surface area contributed by atoms with Crippen molar-refractivity contribution in [2.45, 2.75) is 13.5 Å². The van der Waals surface area contributed by atoms with Crippen LogP contribution < -0.4 is 10.9 Å². The summed E-state index contributed by atoms with van der Waals surface area (Å²) in [6, 6.07) is 8.25. The minimum Gasteiger partial charge on any atom is -0.322 e. The van der Waals surface area contributed by atoms with Gasteiger partial charge in [0.05, 0.1) is 16.6 Å². The van der Waals surface area contributed by atoms with Gasteiger partial charge in [-0.25, -0.2) is 18.2 Å². The van der Waals surface area contributed by atoms with E-state index in [1.807, 2.05) is 0 Å². The zero-order valence-corrected chi connectivity index (χ0v) is 13.0. The Morgan fingerprint density at radius 3 is 2.60 bits per heavy atom. The van der Waals surface area contributed by atoms with E-state index in [-0.39, 0.29) is 0 Å². The maximum atomic E-state index is 13.6. The molecule has 0 spiro atoms. The Bertz CT molecular complexity index is 1050. The van der Waals surface area contributed by atoms with E-state index in [0.29, 0.717) is 22.8 Å². The van der Waals surface area contributed by atoms with Gasteiger partial charge in [0.25, 0.3) is 5.56 Å². The summed E-state index contributed by atoms with van der Waals surface area (Å²) in [6.07, 6.45) is 0. The number of hydrogen-bond donors (Lipinski definition) is 1. The normalized spacial score (nSPS) is 10.9. The molecule has 3 rings (SSSR count). The van der Waals surface area contributed by atoms with Gasteiger partial charge < -0.3 is 5.32 Å². The number of benzene rings is 2. The van der Waals surface area contributed by atoms with E-state index >= 15 is 0 Å². The first-order valence-electron chi connectivity index (χ1n) is 7.28. The number of carbonyl (C=O) groups excluding carboxylic acids is 1. The zero-order chi connectivity index (χ0) is 18.1. The fourth-order valence-electron chi connectivity index (χ4n) is 2.42. The van der Waals surface area contributed by atoms with E-state index < -0.39 is 41.2 Å². The number of carbonyl (C=O) groups is 1. The molecule has 0 unspecified atom stereocenters. The summed E-state index contributed by atoms with van der Waals surface area (Å²) in [7, 11) is 0. The molecule has 0 aliphatic heterocycles.